The number of aromatic nitrogens is 2. The van der Waals surface area contributed by atoms with Gasteiger partial charge in [-0.3, -0.25) is 4.98 Å². The lowest BCUT2D eigenvalue weighted by Gasteiger charge is -2.10. The molecule has 2 aromatic carbocycles. The van der Waals surface area contributed by atoms with E-state index in [4.69, 9.17) is 4.74 Å². The highest BCUT2D eigenvalue weighted by Gasteiger charge is 2.07. The number of hydrogen-bond acceptors (Lipinski definition) is 6. The van der Waals surface area contributed by atoms with Gasteiger partial charge in [0.05, 0.1) is 19.5 Å². The van der Waals surface area contributed by atoms with Crippen LogP contribution in [0.3, 0.4) is 0 Å². The molecule has 0 atom stereocenters. The Morgan fingerprint density at radius 3 is 2.72 bits per heavy atom. The van der Waals surface area contributed by atoms with Crippen molar-refractivity contribution in [3.63, 3.8) is 0 Å². The third-order valence-electron chi connectivity index (χ3n) is 3.60. The number of nitrogens with zero attached hydrogens (tertiary/aromatic N) is 2. The van der Waals surface area contributed by atoms with Crippen LogP contribution in [0.15, 0.2) is 66.0 Å². The summed E-state index contributed by atoms with van der Waals surface area (Å²) in [5.74, 6) is 2.10. The summed E-state index contributed by atoms with van der Waals surface area (Å²) in [6, 6.07) is 15.6. The Hall–Kier alpha value is -2.73. The standard InChI is InChI=1S/C19H19N3O2S/c1-24-16-9-5-8-15(19(16)23)10-21-17-11-20-12-18(22-17)25-13-14-6-3-2-4-7-14/h2-9,11-12,23H,10,13H2,1H3,(H,21,22). The molecule has 25 heavy (non-hydrogen) atoms. The van der Waals surface area contributed by atoms with Crippen molar-refractivity contribution in [2.75, 3.05) is 12.4 Å². The first-order valence-electron chi connectivity index (χ1n) is 7.84. The van der Waals surface area contributed by atoms with Gasteiger partial charge in [-0.05, 0) is 11.6 Å². The fourth-order valence-electron chi connectivity index (χ4n) is 2.30. The molecule has 0 aliphatic carbocycles. The van der Waals surface area contributed by atoms with Crippen LogP contribution < -0.4 is 10.1 Å². The second-order valence-corrected chi connectivity index (χ2v) is 6.33. The monoisotopic (exact) mass is 353 g/mol. The average molecular weight is 353 g/mol. The zero-order valence-corrected chi connectivity index (χ0v) is 14.7. The lowest BCUT2D eigenvalue weighted by atomic mass is 10.2. The molecule has 0 aliphatic rings. The summed E-state index contributed by atoms with van der Waals surface area (Å²) < 4.78 is 5.12. The lowest BCUT2D eigenvalue weighted by Crippen LogP contribution is -2.03. The van der Waals surface area contributed by atoms with E-state index < -0.39 is 0 Å². The van der Waals surface area contributed by atoms with Crippen molar-refractivity contribution in [1.29, 1.82) is 0 Å². The van der Waals surface area contributed by atoms with Gasteiger partial charge in [0.25, 0.3) is 0 Å². The minimum atomic E-state index is 0.139. The predicted molar refractivity (Wildman–Crippen MR) is 100 cm³/mol. The minimum Gasteiger partial charge on any atom is -0.504 e. The number of thioether (sulfide) groups is 1. The molecule has 3 rings (SSSR count). The molecule has 0 saturated heterocycles. The second-order valence-electron chi connectivity index (χ2n) is 5.34. The summed E-state index contributed by atoms with van der Waals surface area (Å²) in [7, 11) is 1.53. The molecule has 128 valence electrons. The molecular weight excluding hydrogens is 334 g/mol. The number of anilines is 1. The molecule has 0 unspecified atom stereocenters. The molecule has 1 heterocycles. The first-order valence-corrected chi connectivity index (χ1v) is 8.82. The van der Waals surface area contributed by atoms with Gasteiger partial charge in [-0.1, -0.05) is 42.5 Å². The molecule has 0 amide bonds. The van der Waals surface area contributed by atoms with Crippen LogP contribution in [0.1, 0.15) is 11.1 Å². The van der Waals surface area contributed by atoms with Crippen LogP contribution >= 0.6 is 11.8 Å². The Morgan fingerprint density at radius 2 is 1.92 bits per heavy atom. The Morgan fingerprint density at radius 1 is 1.08 bits per heavy atom. The molecule has 0 saturated carbocycles. The predicted octanol–water partition coefficient (Wildman–Crippen LogP) is 4.10. The summed E-state index contributed by atoms with van der Waals surface area (Å²) in [4.78, 5) is 8.78. The van der Waals surface area contributed by atoms with Gasteiger partial charge in [0, 0.05) is 17.9 Å². The van der Waals surface area contributed by atoms with E-state index in [2.05, 4.69) is 27.4 Å². The van der Waals surface area contributed by atoms with Gasteiger partial charge in [-0.15, -0.1) is 11.8 Å². The van der Waals surface area contributed by atoms with Crippen LogP contribution in [0.25, 0.3) is 0 Å². The molecular formula is C19H19N3O2S. The summed E-state index contributed by atoms with van der Waals surface area (Å²) in [5.41, 5.74) is 1.98. The third-order valence-corrected chi connectivity index (χ3v) is 4.57. The Kier molecular flexibility index (Phi) is 5.74. The van der Waals surface area contributed by atoms with E-state index in [1.807, 2.05) is 30.3 Å². The highest BCUT2D eigenvalue weighted by molar-refractivity contribution is 7.98. The number of benzene rings is 2. The van der Waals surface area contributed by atoms with Crippen molar-refractivity contribution >= 4 is 17.6 Å². The number of hydrogen-bond donors (Lipinski definition) is 2. The van der Waals surface area contributed by atoms with Crippen LogP contribution in [0.4, 0.5) is 5.82 Å². The number of aromatic hydroxyl groups is 1. The number of phenols is 1. The molecule has 0 aliphatic heterocycles. The topological polar surface area (TPSA) is 67.3 Å². The molecule has 0 spiro atoms. The zero-order chi connectivity index (χ0) is 17.5. The highest BCUT2D eigenvalue weighted by Crippen LogP contribution is 2.29. The van der Waals surface area contributed by atoms with E-state index in [0.29, 0.717) is 18.1 Å². The second kappa shape index (κ2) is 8.39. The largest absolute Gasteiger partial charge is 0.504 e. The fourth-order valence-corrected chi connectivity index (χ4v) is 3.10. The molecule has 1 aromatic heterocycles. The van der Waals surface area contributed by atoms with Crippen molar-refractivity contribution in [3.05, 3.63) is 72.1 Å². The number of ether oxygens (including phenoxy) is 1. The molecule has 3 aromatic rings. The van der Waals surface area contributed by atoms with Gasteiger partial charge >= 0.3 is 0 Å². The van der Waals surface area contributed by atoms with Crippen molar-refractivity contribution < 1.29 is 9.84 Å². The molecule has 6 heteroatoms. The Bertz CT molecular complexity index is 828. The first-order chi connectivity index (χ1) is 12.3. The number of rotatable bonds is 7. The highest BCUT2D eigenvalue weighted by atomic mass is 32.2. The van der Waals surface area contributed by atoms with E-state index >= 15 is 0 Å². The van der Waals surface area contributed by atoms with Crippen LogP contribution in [0.5, 0.6) is 11.5 Å². The summed E-state index contributed by atoms with van der Waals surface area (Å²) in [6.07, 6.45) is 3.42. The molecule has 5 nitrogen and oxygen atoms in total. The van der Waals surface area contributed by atoms with Gasteiger partial charge in [0.1, 0.15) is 10.8 Å². The van der Waals surface area contributed by atoms with Gasteiger partial charge in [0.15, 0.2) is 11.5 Å². The normalized spacial score (nSPS) is 10.4. The molecule has 0 bridgehead atoms. The van der Waals surface area contributed by atoms with Gasteiger partial charge in [0.2, 0.25) is 0 Å². The van der Waals surface area contributed by atoms with E-state index in [9.17, 15) is 5.11 Å². The van der Waals surface area contributed by atoms with Crippen molar-refractivity contribution in [2.24, 2.45) is 0 Å². The van der Waals surface area contributed by atoms with E-state index in [0.717, 1.165) is 16.3 Å². The molecule has 0 fully saturated rings. The zero-order valence-electron chi connectivity index (χ0n) is 13.8. The van der Waals surface area contributed by atoms with Crippen molar-refractivity contribution in [1.82, 2.24) is 9.97 Å². The average Bonchev–Trinajstić information content (AvgIpc) is 2.67. The van der Waals surface area contributed by atoms with Crippen molar-refractivity contribution in [3.8, 4) is 11.5 Å². The summed E-state index contributed by atoms with van der Waals surface area (Å²) >= 11 is 1.64. The van der Waals surface area contributed by atoms with Crippen molar-refractivity contribution in [2.45, 2.75) is 17.3 Å². The van der Waals surface area contributed by atoms with Gasteiger partial charge in [-0.2, -0.15) is 0 Å². The molecule has 2 N–H and O–H groups in total. The summed E-state index contributed by atoms with van der Waals surface area (Å²) in [6.45, 7) is 0.435. The number of methoxy groups -OCH3 is 1. The van der Waals surface area contributed by atoms with Gasteiger partial charge in [-0.25, -0.2) is 4.98 Å². The van der Waals surface area contributed by atoms with E-state index in [1.165, 1.54) is 12.7 Å². The fraction of sp³-hybridized carbons (Fsp3) is 0.158. The van der Waals surface area contributed by atoms with Crippen LogP contribution in [-0.2, 0) is 12.3 Å². The summed E-state index contributed by atoms with van der Waals surface area (Å²) in [5, 5.41) is 14.2. The van der Waals surface area contributed by atoms with Crippen LogP contribution in [0, 0.1) is 0 Å². The maximum atomic E-state index is 10.1. The van der Waals surface area contributed by atoms with E-state index in [-0.39, 0.29) is 5.75 Å². The van der Waals surface area contributed by atoms with E-state index in [1.54, 1.807) is 30.2 Å². The number of phenolic OH excluding ortho intramolecular Hbond substituents is 1. The first kappa shape index (κ1) is 17.1. The SMILES string of the molecule is COc1cccc(CNc2cncc(SCc3ccccc3)n2)c1O. The Labute approximate surface area is 151 Å². The Balaban J connectivity index is 1.62. The quantitative estimate of drug-likeness (QED) is 0.624. The number of nitrogens with one attached hydrogen (secondary N) is 1. The minimum absolute atomic E-state index is 0.139. The van der Waals surface area contributed by atoms with Crippen LogP contribution in [-0.4, -0.2) is 22.2 Å². The smallest absolute Gasteiger partial charge is 0.162 e. The third kappa shape index (κ3) is 4.64. The van der Waals surface area contributed by atoms with Crippen LogP contribution in [0.2, 0.25) is 0 Å². The maximum Gasteiger partial charge on any atom is 0.162 e. The van der Waals surface area contributed by atoms with Gasteiger partial charge < -0.3 is 15.2 Å². The number of para-hydroxylation sites is 1. The lowest BCUT2D eigenvalue weighted by molar-refractivity contribution is 0.371. The maximum absolute atomic E-state index is 10.1. The molecule has 0 radical (unpaired) electrons.